The van der Waals surface area contributed by atoms with Gasteiger partial charge in [0.25, 0.3) is 0 Å². The van der Waals surface area contributed by atoms with E-state index in [-0.39, 0.29) is 6.10 Å². The van der Waals surface area contributed by atoms with Gasteiger partial charge in [-0.1, -0.05) is 66.7 Å². The maximum Gasteiger partial charge on any atom is 0.120 e. The van der Waals surface area contributed by atoms with Gasteiger partial charge in [0.15, 0.2) is 0 Å². The smallest absolute Gasteiger partial charge is 0.120 e. The summed E-state index contributed by atoms with van der Waals surface area (Å²) in [5, 5.41) is 12.5. The summed E-state index contributed by atoms with van der Waals surface area (Å²) in [5.41, 5.74) is 4.94. The predicted octanol–water partition coefficient (Wildman–Crippen LogP) is 7.02. The van der Waals surface area contributed by atoms with Crippen LogP contribution < -0.4 is 14.4 Å². The molecule has 5 heteroatoms. The van der Waals surface area contributed by atoms with E-state index in [4.69, 9.17) is 9.47 Å². The van der Waals surface area contributed by atoms with Crippen molar-refractivity contribution in [3.8, 4) is 11.5 Å². The molecule has 5 rings (SSSR count). The molecule has 42 heavy (non-hydrogen) atoms. The Morgan fingerprint density at radius 1 is 0.810 bits per heavy atom. The summed E-state index contributed by atoms with van der Waals surface area (Å²) in [4.78, 5) is 4.67. The molecule has 1 N–H and O–H groups in total. The van der Waals surface area contributed by atoms with E-state index in [9.17, 15) is 5.11 Å². The second kappa shape index (κ2) is 14.7. The molecule has 218 valence electrons. The fraction of sp³-hybridized carbons (Fsp3) is 0.297. The van der Waals surface area contributed by atoms with Gasteiger partial charge < -0.3 is 19.5 Å². The van der Waals surface area contributed by atoms with Gasteiger partial charge in [-0.05, 0) is 70.6 Å². The minimum atomic E-state index is -0.206. The molecule has 1 aliphatic rings. The first-order chi connectivity index (χ1) is 20.6. The van der Waals surface area contributed by atoms with Crippen LogP contribution in [-0.2, 0) is 13.0 Å². The van der Waals surface area contributed by atoms with Crippen molar-refractivity contribution in [2.24, 2.45) is 0 Å². The van der Waals surface area contributed by atoms with E-state index in [0.717, 1.165) is 69.0 Å². The third-order valence-electron chi connectivity index (χ3n) is 7.89. The average molecular weight is 563 g/mol. The van der Waals surface area contributed by atoms with Gasteiger partial charge in [-0.25, -0.2) is 0 Å². The summed E-state index contributed by atoms with van der Waals surface area (Å²) >= 11 is 0. The second-order valence-corrected chi connectivity index (χ2v) is 10.9. The zero-order valence-electron chi connectivity index (χ0n) is 24.5. The topological polar surface area (TPSA) is 45.2 Å². The first-order valence-corrected chi connectivity index (χ1v) is 14.9. The van der Waals surface area contributed by atoms with Gasteiger partial charge >= 0.3 is 0 Å². The van der Waals surface area contributed by atoms with E-state index in [2.05, 4.69) is 89.7 Å². The second-order valence-electron chi connectivity index (χ2n) is 10.9. The van der Waals surface area contributed by atoms with Crippen molar-refractivity contribution in [2.75, 3.05) is 44.2 Å². The number of nitrogens with zero attached hydrogens (tertiary/aromatic N) is 2. The molecular formula is C37H42N2O3. The molecule has 0 radical (unpaired) electrons. The van der Waals surface area contributed by atoms with Crippen LogP contribution in [0.3, 0.4) is 0 Å². The molecule has 0 amide bonds. The summed E-state index contributed by atoms with van der Waals surface area (Å²) < 4.78 is 12.2. The average Bonchev–Trinajstić information content (AvgIpc) is 3.02. The lowest BCUT2D eigenvalue weighted by Crippen LogP contribution is -2.36. The molecule has 0 bridgehead atoms. The maximum atomic E-state index is 10.1. The lowest BCUT2D eigenvalue weighted by Gasteiger charge is -2.33. The van der Waals surface area contributed by atoms with Crippen molar-refractivity contribution in [2.45, 2.75) is 32.0 Å². The first-order valence-electron chi connectivity index (χ1n) is 14.9. The van der Waals surface area contributed by atoms with Crippen LogP contribution in [0.15, 0.2) is 110 Å². The third-order valence-corrected chi connectivity index (χ3v) is 7.89. The Morgan fingerprint density at radius 3 is 2.24 bits per heavy atom. The molecule has 0 saturated carbocycles. The lowest BCUT2D eigenvalue weighted by atomic mass is 9.94. The van der Waals surface area contributed by atoms with Gasteiger partial charge in [0.05, 0.1) is 6.10 Å². The van der Waals surface area contributed by atoms with Crippen molar-refractivity contribution in [3.63, 3.8) is 0 Å². The number of fused-ring (bicyclic) bond motifs is 1. The SMILES string of the molecule is C=CCN(CC=C)CCOc1ccc(Cc2c(N3CCC(O)CC3)ccc3cc(OCc4ccccc4)ccc23)cc1. The Balaban J connectivity index is 1.34. The number of rotatable bonds is 14. The minimum Gasteiger partial charge on any atom is -0.492 e. The van der Waals surface area contributed by atoms with Crippen LogP contribution in [0.1, 0.15) is 29.5 Å². The molecule has 1 saturated heterocycles. The minimum absolute atomic E-state index is 0.206. The van der Waals surface area contributed by atoms with Crippen LogP contribution in [0.4, 0.5) is 5.69 Å². The summed E-state index contributed by atoms with van der Waals surface area (Å²) in [6.07, 6.45) is 6.01. The summed E-state index contributed by atoms with van der Waals surface area (Å²) in [7, 11) is 0. The Morgan fingerprint density at radius 2 is 1.52 bits per heavy atom. The molecule has 0 spiro atoms. The van der Waals surface area contributed by atoms with Gasteiger partial charge in [0.2, 0.25) is 0 Å². The summed E-state index contributed by atoms with van der Waals surface area (Å²) in [5.74, 6) is 1.74. The fourth-order valence-electron chi connectivity index (χ4n) is 5.60. The zero-order chi connectivity index (χ0) is 29.1. The molecule has 1 heterocycles. The number of piperidine rings is 1. The lowest BCUT2D eigenvalue weighted by molar-refractivity contribution is 0.145. The highest BCUT2D eigenvalue weighted by molar-refractivity contribution is 5.91. The molecule has 4 aromatic rings. The van der Waals surface area contributed by atoms with E-state index in [1.807, 2.05) is 30.4 Å². The molecule has 0 unspecified atom stereocenters. The monoisotopic (exact) mass is 562 g/mol. The highest BCUT2D eigenvalue weighted by atomic mass is 16.5. The van der Waals surface area contributed by atoms with Crippen LogP contribution in [0, 0.1) is 0 Å². The van der Waals surface area contributed by atoms with Gasteiger partial charge in [-0.15, -0.1) is 13.2 Å². The van der Waals surface area contributed by atoms with Crippen molar-refractivity contribution in [3.05, 3.63) is 127 Å². The maximum absolute atomic E-state index is 10.1. The van der Waals surface area contributed by atoms with E-state index >= 15 is 0 Å². The molecule has 0 aliphatic carbocycles. The third kappa shape index (κ3) is 7.81. The number of anilines is 1. The highest BCUT2D eigenvalue weighted by Gasteiger charge is 2.21. The van der Waals surface area contributed by atoms with Crippen molar-refractivity contribution in [1.29, 1.82) is 0 Å². The number of aliphatic hydroxyl groups excluding tert-OH is 1. The van der Waals surface area contributed by atoms with E-state index in [1.165, 1.54) is 27.6 Å². The Labute approximate surface area is 250 Å². The van der Waals surface area contributed by atoms with E-state index < -0.39 is 0 Å². The normalized spacial score (nSPS) is 13.8. The van der Waals surface area contributed by atoms with Crippen molar-refractivity contribution >= 4 is 16.5 Å². The predicted molar refractivity (Wildman–Crippen MR) is 174 cm³/mol. The quantitative estimate of drug-likeness (QED) is 0.167. The Bertz CT molecular complexity index is 1430. The number of benzene rings is 4. The largest absolute Gasteiger partial charge is 0.492 e. The molecule has 1 aliphatic heterocycles. The first kappa shape index (κ1) is 29.4. The zero-order valence-corrected chi connectivity index (χ0v) is 24.5. The molecule has 5 nitrogen and oxygen atoms in total. The van der Waals surface area contributed by atoms with Crippen LogP contribution in [0.25, 0.3) is 10.8 Å². The van der Waals surface area contributed by atoms with Gasteiger partial charge in [-0.2, -0.15) is 0 Å². The Kier molecular flexibility index (Phi) is 10.3. The van der Waals surface area contributed by atoms with Crippen LogP contribution in [0.2, 0.25) is 0 Å². The molecular weight excluding hydrogens is 520 g/mol. The molecule has 0 atom stereocenters. The standard InChI is InChI=1S/C37H42N2O3/c1-3-20-38(21-4-2)24-25-41-33-13-10-29(11-14-33)26-36-35-16-15-34(42-28-30-8-6-5-7-9-30)27-31(35)12-17-37(36)39-22-18-32(40)19-23-39/h3-17,27,32,40H,1-2,18-26,28H2. The highest BCUT2D eigenvalue weighted by Crippen LogP contribution is 2.35. The summed E-state index contributed by atoms with van der Waals surface area (Å²) in [6.45, 7) is 13.0. The van der Waals surface area contributed by atoms with Crippen molar-refractivity contribution in [1.82, 2.24) is 4.90 Å². The molecule has 0 aromatic heterocycles. The van der Waals surface area contributed by atoms with Crippen LogP contribution >= 0.6 is 0 Å². The number of hydrogen-bond acceptors (Lipinski definition) is 5. The Hall–Kier alpha value is -4.06. The molecule has 1 fully saturated rings. The summed E-state index contributed by atoms with van der Waals surface area (Å²) in [6, 6.07) is 29.6. The fourth-order valence-corrected chi connectivity index (χ4v) is 5.60. The van der Waals surface area contributed by atoms with Gasteiger partial charge in [-0.3, -0.25) is 4.90 Å². The van der Waals surface area contributed by atoms with E-state index in [1.54, 1.807) is 0 Å². The van der Waals surface area contributed by atoms with Crippen LogP contribution in [-0.4, -0.2) is 55.4 Å². The van der Waals surface area contributed by atoms with Gasteiger partial charge in [0.1, 0.15) is 24.7 Å². The van der Waals surface area contributed by atoms with Crippen molar-refractivity contribution < 1.29 is 14.6 Å². The number of ether oxygens (including phenoxy) is 2. The van der Waals surface area contributed by atoms with Crippen LogP contribution in [0.5, 0.6) is 11.5 Å². The van der Waals surface area contributed by atoms with E-state index in [0.29, 0.717) is 13.2 Å². The number of aliphatic hydroxyl groups is 1. The van der Waals surface area contributed by atoms with Gasteiger partial charge in [0, 0.05) is 44.8 Å². The number of hydrogen-bond donors (Lipinski definition) is 1. The molecule has 4 aromatic carbocycles.